The molecule has 0 saturated carbocycles. The van der Waals surface area contributed by atoms with Crippen molar-refractivity contribution >= 4 is 39.0 Å². The van der Waals surface area contributed by atoms with Crippen LogP contribution in [0, 0.1) is 0 Å². The monoisotopic (exact) mass is 423 g/mol. The lowest BCUT2D eigenvalue weighted by Gasteiger charge is -2.07. The number of hydrogen-bond donors (Lipinski definition) is 1. The Morgan fingerprint density at radius 2 is 1.74 bits per heavy atom. The predicted octanol–water partition coefficient (Wildman–Crippen LogP) is 4.99. The van der Waals surface area contributed by atoms with Crippen molar-refractivity contribution in [3.8, 4) is 0 Å². The molecular formula is C19H19Cl2N3O2S. The van der Waals surface area contributed by atoms with Crippen LogP contribution in [0.2, 0.25) is 10.0 Å². The summed E-state index contributed by atoms with van der Waals surface area (Å²) in [6.07, 6.45) is 3.47. The van der Waals surface area contributed by atoms with Crippen LogP contribution in [-0.2, 0) is 23.0 Å². The van der Waals surface area contributed by atoms with Crippen LogP contribution in [0.5, 0.6) is 0 Å². The fourth-order valence-corrected chi connectivity index (χ4v) is 4.13. The molecule has 5 nitrogen and oxygen atoms in total. The molecule has 0 amide bonds. The molecule has 0 atom stereocenters. The highest BCUT2D eigenvalue weighted by molar-refractivity contribution is 7.92. The molecular weight excluding hydrogens is 405 g/mol. The molecule has 0 radical (unpaired) electrons. The molecule has 3 aromatic rings. The third-order valence-corrected chi connectivity index (χ3v) is 6.01. The van der Waals surface area contributed by atoms with Crippen molar-refractivity contribution < 1.29 is 8.42 Å². The van der Waals surface area contributed by atoms with Crippen LogP contribution in [0.1, 0.15) is 24.5 Å². The molecule has 0 aliphatic rings. The summed E-state index contributed by atoms with van der Waals surface area (Å²) in [5, 5.41) is 5.07. The number of halogens is 2. The summed E-state index contributed by atoms with van der Waals surface area (Å²) in [6, 6.07) is 14.2. The van der Waals surface area contributed by atoms with E-state index in [1.165, 1.54) is 0 Å². The summed E-state index contributed by atoms with van der Waals surface area (Å²) in [5.41, 5.74) is 1.96. The first-order valence-electron chi connectivity index (χ1n) is 8.47. The molecule has 0 bridgehead atoms. The second-order valence-corrected chi connectivity index (χ2v) is 8.61. The lowest BCUT2D eigenvalue weighted by molar-refractivity contribution is 0.600. The average molecular weight is 424 g/mol. The smallest absolute Gasteiger partial charge is 0.263 e. The number of nitrogens with zero attached hydrogens (tertiary/aromatic N) is 2. The zero-order valence-corrected chi connectivity index (χ0v) is 17.0. The molecule has 1 heterocycles. The van der Waals surface area contributed by atoms with Crippen molar-refractivity contribution in [1.82, 2.24) is 9.78 Å². The minimum Gasteiger partial charge on any atom is -0.265 e. The van der Waals surface area contributed by atoms with Crippen LogP contribution in [-0.4, -0.2) is 18.2 Å². The number of rotatable bonds is 7. The van der Waals surface area contributed by atoms with Crippen molar-refractivity contribution in [3.05, 3.63) is 75.9 Å². The van der Waals surface area contributed by atoms with Crippen molar-refractivity contribution in [2.24, 2.45) is 0 Å². The van der Waals surface area contributed by atoms with E-state index in [1.807, 2.05) is 30.3 Å². The van der Waals surface area contributed by atoms with Gasteiger partial charge in [-0.3, -0.25) is 9.40 Å². The largest absolute Gasteiger partial charge is 0.265 e. The molecule has 0 unspecified atom stereocenters. The second-order valence-electron chi connectivity index (χ2n) is 6.11. The van der Waals surface area contributed by atoms with Crippen LogP contribution >= 0.6 is 23.2 Å². The fourth-order valence-electron chi connectivity index (χ4n) is 2.66. The fraction of sp³-hybridized carbons (Fsp3) is 0.211. The second kappa shape index (κ2) is 8.33. The lowest BCUT2D eigenvalue weighted by Crippen LogP contribution is -2.14. The molecule has 1 aromatic heterocycles. The molecule has 2 aromatic carbocycles. The van der Waals surface area contributed by atoms with Crippen LogP contribution in [0.15, 0.2) is 59.6 Å². The van der Waals surface area contributed by atoms with Gasteiger partial charge in [0, 0.05) is 11.2 Å². The van der Waals surface area contributed by atoms with Gasteiger partial charge in [-0.25, -0.2) is 8.42 Å². The zero-order chi connectivity index (χ0) is 19.4. The molecule has 0 saturated heterocycles. The Morgan fingerprint density at radius 3 is 2.41 bits per heavy atom. The van der Waals surface area contributed by atoms with Gasteiger partial charge in [-0.2, -0.15) is 5.10 Å². The van der Waals surface area contributed by atoms with Gasteiger partial charge in [-0.1, -0.05) is 66.9 Å². The third-order valence-electron chi connectivity index (χ3n) is 4.01. The summed E-state index contributed by atoms with van der Waals surface area (Å²) in [6.45, 7) is 2.46. The van der Waals surface area contributed by atoms with E-state index in [0.29, 0.717) is 11.6 Å². The van der Waals surface area contributed by atoms with Gasteiger partial charge >= 0.3 is 0 Å². The van der Waals surface area contributed by atoms with E-state index >= 15 is 0 Å². The number of aryl methyl sites for hydroxylation is 1. The van der Waals surface area contributed by atoms with E-state index in [2.05, 4.69) is 16.7 Å². The molecule has 0 aliphatic heterocycles. The molecule has 0 aliphatic carbocycles. The highest BCUT2D eigenvalue weighted by Gasteiger charge is 2.18. The first kappa shape index (κ1) is 19.7. The quantitative estimate of drug-likeness (QED) is 0.581. The van der Waals surface area contributed by atoms with Gasteiger partial charge in [0.05, 0.1) is 11.4 Å². The molecule has 0 spiro atoms. The van der Waals surface area contributed by atoms with E-state index in [1.54, 1.807) is 29.1 Å². The van der Waals surface area contributed by atoms with Crippen molar-refractivity contribution in [2.45, 2.75) is 31.2 Å². The van der Waals surface area contributed by atoms with Crippen LogP contribution in [0.4, 0.5) is 5.82 Å². The average Bonchev–Trinajstić information content (AvgIpc) is 2.96. The Hall–Kier alpha value is -2.02. The number of benzene rings is 2. The lowest BCUT2D eigenvalue weighted by atomic mass is 10.1. The van der Waals surface area contributed by atoms with E-state index in [4.69, 9.17) is 23.2 Å². The van der Waals surface area contributed by atoms with Gasteiger partial charge in [0.25, 0.3) is 10.0 Å². The molecule has 1 N–H and O–H groups in total. The van der Waals surface area contributed by atoms with E-state index < -0.39 is 10.0 Å². The summed E-state index contributed by atoms with van der Waals surface area (Å²) in [5.74, 6) is 0.0846. The standard InChI is InChI=1S/C19H19Cl2N3O2S/c1-2-5-14-8-10-16(11-9-14)27(25,26)23-19-18(21)13-24(22-19)12-15-6-3-4-7-17(15)20/h3-4,6-11,13H,2,5,12H2,1H3,(H,22,23). The maximum absolute atomic E-state index is 12.6. The van der Waals surface area contributed by atoms with E-state index in [-0.39, 0.29) is 15.7 Å². The summed E-state index contributed by atoms with van der Waals surface area (Å²) in [4.78, 5) is 0.166. The number of anilines is 1. The normalized spacial score (nSPS) is 11.5. The van der Waals surface area contributed by atoms with Crippen molar-refractivity contribution in [1.29, 1.82) is 0 Å². The Bertz CT molecular complexity index is 1030. The Balaban J connectivity index is 1.78. The third kappa shape index (κ3) is 4.83. The highest BCUT2D eigenvalue weighted by atomic mass is 35.5. The SMILES string of the molecule is CCCc1ccc(S(=O)(=O)Nc2nn(Cc3ccccc3Cl)cc2Cl)cc1. The number of sulfonamides is 1. The van der Waals surface area contributed by atoms with Crippen molar-refractivity contribution in [3.63, 3.8) is 0 Å². The van der Waals surface area contributed by atoms with E-state index in [0.717, 1.165) is 24.0 Å². The number of nitrogens with one attached hydrogen (secondary N) is 1. The van der Waals surface area contributed by atoms with Gasteiger partial charge in [-0.15, -0.1) is 0 Å². The van der Waals surface area contributed by atoms with Gasteiger partial charge in [0.15, 0.2) is 5.82 Å². The molecule has 8 heteroatoms. The van der Waals surface area contributed by atoms with Gasteiger partial charge < -0.3 is 0 Å². The summed E-state index contributed by atoms with van der Waals surface area (Å²) < 4.78 is 29.2. The minimum atomic E-state index is -3.77. The first-order chi connectivity index (χ1) is 12.9. The zero-order valence-electron chi connectivity index (χ0n) is 14.7. The predicted molar refractivity (Wildman–Crippen MR) is 109 cm³/mol. The van der Waals surface area contributed by atoms with Gasteiger partial charge in [0.2, 0.25) is 0 Å². The molecule has 3 rings (SSSR count). The van der Waals surface area contributed by atoms with E-state index in [9.17, 15) is 8.42 Å². The Kier molecular flexibility index (Phi) is 6.09. The maximum Gasteiger partial charge on any atom is 0.263 e. The first-order valence-corrected chi connectivity index (χ1v) is 10.7. The highest BCUT2D eigenvalue weighted by Crippen LogP contribution is 2.24. The van der Waals surface area contributed by atoms with Crippen LogP contribution < -0.4 is 4.72 Å². The minimum absolute atomic E-state index is 0.0846. The van der Waals surface area contributed by atoms with Crippen LogP contribution in [0.3, 0.4) is 0 Å². The Labute approximate surface area is 169 Å². The summed E-state index contributed by atoms with van der Waals surface area (Å²) in [7, 11) is -3.77. The van der Waals surface area contributed by atoms with Crippen LogP contribution in [0.25, 0.3) is 0 Å². The molecule has 0 fully saturated rings. The topological polar surface area (TPSA) is 64.0 Å². The molecule has 27 heavy (non-hydrogen) atoms. The number of aromatic nitrogens is 2. The number of hydrogen-bond acceptors (Lipinski definition) is 3. The molecule has 142 valence electrons. The van der Waals surface area contributed by atoms with Gasteiger partial charge in [0.1, 0.15) is 5.02 Å². The summed E-state index contributed by atoms with van der Waals surface area (Å²) >= 11 is 12.3. The van der Waals surface area contributed by atoms with Gasteiger partial charge in [-0.05, 0) is 35.7 Å². The maximum atomic E-state index is 12.6. The Morgan fingerprint density at radius 1 is 1.04 bits per heavy atom. The van der Waals surface area contributed by atoms with Crippen molar-refractivity contribution in [2.75, 3.05) is 4.72 Å².